The van der Waals surface area contributed by atoms with E-state index in [9.17, 15) is 0 Å². The smallest absolute Gasteiger partial charge is 0.188 e. The van der Waals surface area contributed by atoms with Crippen LogP contribution in [0.2, 0.25) is 0 Å². The summed E-state index contributed by atoms with van der Waals surface area (Å²) in [7, 11) is 0. The van der Waals surface area contributed by atoms with E-state index < -0.39 is 0 Å². The Labute approximate surface area is 114 Å². The highest BCUT2D eigenvalue weighted by Gasteiger charge is 2.43. The molecule has 19 heavy (non-hydrogen) atoms. The van der Waals surface area contributed by atoms with Crippen molar-refractivity contribution in [3.05, 3.63) is 0 Å². The first-order chi connectivity index (χ1) is 9.15. The Kier molecular flexibility index (Phi) is 3.67. The van der Waals surface area contributed by atoms with Gasteiger partial charge in [0.25, 0.3) is 0 Å². The van der Waals surface area contributed by atoms with E-state index in [1.165, 1.54) is 25.7 Å². The predicted octanol–water partition coefficient (Wildman–Crippen LogP) is 1.37. The van der Waals surface area contributed by atoms with Crippen molar-refractivity contribution >= 4 is 5.96 Å². The summed E-state index contributed by atoms with van der Waals surface area (Å²) < 4.78 is 12.0. The van der Waals surface area contributed by atoms with E-state index >= 15 is 0 Å². The summed E-state index contributed by atoms with van der Waals surface area (Å²) in [5.74, 6) is 1.03. The van der Waals surface area contributed by atoms with Crippen molar-refractivity contribution in [2.45, 2.75) is 63.4 Å². The van der Waals surface area contributed by atoms with Gasteiger partial charge in [0.15, 0.2) is 11.7 Å². The molecule has 3 rings (SSSR count). The number of nitrogens with zero attached hydrogens (tertiary/aromatic N) is 1. The van der Waals surface area contributed by atoms with Crippen LogP contribution in [0.15, 0.2) is 4.99 Å². The van der Waals surface area contributed by atoms with E-state index in [4.69, 9.17) is 15.2 Å². The Balaban J connectivity index is 1.46. The summed E-state index contributed by atoms with van der Waals surface area (Å²) in [6, 6.07) is 0.552. The van der Waals surface area contributed by atoms with Gasteiger partial charge in [-0.2, -0.15) is 0 Å². The molecule has 1 atom stereocenters. The molecule has 0 aromatic heterocycles. The molecule has 1 spiro atoms. The highest BCUT2D eigenvalue weighted by atomic mass is 16.7. The van der Waals surface area contributed by atoms with Gasteiger partial charge in [-0.15, -0.1) is 0 Å². The highest BCUT2D eigenvalue weighted by molar-refractivity contribution is 5.78. The van der Waals surface area contributed by atoms with Crippen LogP contribution < -0.4 is 11.1 Å². The van der Waals surface area contributed by atoms with Gasteiger partial charge >= 0.3 is 0 Å². The second-order valence-corrected chi connectivity index (χ2v) is 6.29. The third-order valence-corrected chi connectivity index (χ3v) is 4.34. The SMILES string of the molecule is CC1CCC2(CC1)OCC(CN=C(N)NC1CC1)O2. The molecule has 0 bridgehead atoms. The van der Waals surface area contributed by atoms with Crippen molar-refractivity contribution in [1.82, 2.24) is 5.32 Å². The molecular weight excluding hydrogens is 242 g/mol. The minimum absolute atomic E-state index is 0.0629. The van der Waals surface area contributed by atoms with Gasteiger partial charge in [-0.3, -0.25) is 4.99 Å². The van der Waals surface area contributed by atoms with Gasteiger partial charge in [0.2, 0.25) is 0 Å². The lowest BCUT2D eigenvalue weighted by Gasteiger charge is -2.34. The third kappa shape index (κ3) is 3.39. The fourth-order valence-electron chi connectivity index (χ4n) is 2.85. The zero-order valence-corrected chi connectivity index (χ0v) is 11.7. The van der Waals surface area contributed by atoms with Crippen molar-refractivity contribution in [3.63, 3.8) is 0 Å². The summed E-state index contributed by atoms with van der Waals surface area (Å²) >= 11 is 0. The van der Waals surface area contributed by atoms with Crippen LogP contribution in [0.1, 0.15) is 45.4 Å². The van der Waals surface area contributed by atoms with Gasteiger partial charge in [0.1, 0.15) is 6.10 Å². The number of nitrogens with two attached hydrogens (primary N) is 1. The molecule has 2 aliphatic carbocycles. The Hall–Kier alpha value is -0.810. The van der Waals surface area contributed by atoms with Crippen LogP contribution in [0.5, 0.6) is 0 Å². The maximum atomic E-state index is 6.10. The first kappa shape index (κ1) is 13.2. The molecule has 3 N–H and O–H groups in total. The van der Waals surface area contributed by atoms with E-state index in [0.717, 1.165) is 18.8 Å². The van der Waals surface area contributed by atoms with Crippen molar-refractivity contribution in [2.75, 3.05) is 13.2 Å². The summed E-state index contributed by atoms with van der Waals surface area (Å²) in [6.45, 7) is 3.55. The molecule has 0 amide bonds. The first-order valence-corrected chi connectivity index (χ1v) is 7.53. The molecule has 2 saturated carbocycles. The average Bonchev–Trinajstić information content (AvgIpc) is 3.12. The zero-order valence-electron chi connectivity index (χ0n) is 11.7. The maximum Gasteiger partial charge on any atom is 0.188 e. The topological polar surface area (TPSA) is 68.9 Å². The number of rotatable bonds is 3. The molecule has 5 nitrogen and oxygen atoms in total. The minimum atomic E-state index is -0.314. The molecular formula is C14H25N3O2. The molecule has 3 aliphatic rings. The second-order valence-electron chi connectivity index (χ2n) is 6.29. The third-order valence-electron chi connectivity index (χ3n) is 4.34. The molecule has 0 aromatic carbocycles. The van der Waals surface area contributed by atoms with Gasteiger partial charge < -0.3 is 20.5 Å². The Morgan fingerprint density at radius 1 is 1.32 bits per heavy atom. The maximum absolute atomic E-state index is 6.10. The molecule has 5 heteroatoms. The average molecular weight is 267 g/mol. The van der Waals surface area contributed by atoms with E-state index in [1.807, 2.05) is 0 Å². The van der Waals surface area contributed by atoms with Crippen molar-refractivity contribution in [1.29, 1.82) is 0 Å². The quantitative estimate of drug-likeness (QED) is 0.598. The molecule has 1 saturated heterocycles. The normalized spacial score (nSPS) is 39.7. The van der Waals surface area contributed by atoms with Crippen molar-refractivity contribution < 1.29 is 9.47 Å². The van der Waals surface area contributed by atoms with Crippen molar-refractivity contribution in [3.8, 4) is 0 Å². The highest BCUT2D eigenvalue weighted by Crippen LogP contribution is 2.39. The molecule has 3 fully saturated rings. The monoisotopic (exact) mass is 267 g/mol. The standard InChI is InChI=1S/C14H25N3O2/c1-10-4-6-14(7-5-10)18-9-12(19-14)8-16-13(15)17-11-2-3-11/h10-12H,2-9H2,1H3,(H3,15,16,17). The summed E-state index contributed by atoms with van der Waals surface area (Å²) in [5, 5.41) is 3.19. The largest absolute Gasteiger partial charge is 0.370 e. The van der Waals surface area contributed by atoms with Gasteiger partial charge in [0, 0.05) is 18.9 Å². The molecule has 108 valence electrons. The Morgan fingerprint density at radius 3 is 2.74 bits per heavy atom. The summed E-state index contributed by atoms with van der Waals surface area (Å²) in [4.78, 5) is 4.36. The molecule has 1 heterocycles. The van der Waals surface area contributed by atoms with Crippen molar-refractivity contribution in [2.24, 2.45) is 16.6 Å². The van der Waals surface area contributed by atoms with Gasteiger partial charge in [-0.1, -0.05) is 6.92 Å². The van der Waals surface area contributed by atoms with Crippen LogP contribution in [0.25, 0.3) is 0 Å². The van der Waals surface area contributed by atoms with Crippen LogP contribution in [0.3, 0.4) is 0 Å². The lowest BCUT2D eigenvalue weighted by molar-refractivity contribution is -0.190. The predicted molar refractivity (Wildman–Crippen MR) is 73.8 cm³/mol. The van der Waals surface area contributed by atoms with Gasteiger partial charge in [-0.25, -0.2) is 0 Å². The number of ether oxygens (including phenoxy) is 2. The first-order valence-electron chi connectivity index (χ1n) is 7.53. The Morgan fingerprint density at radius 2 is 2.05 bits per heavy atom. The second kappa shape index (κ2) is 5.29. The van der Waals surface area contributed by atoms with Crippen LogP contribution in [-0.2, 0) is 9.47 Å². The van der Waals surface area contributed by atoms with E-state index in [0.29, 0.717) is 25.2 Å². The fraction of sp³-hybridized carbons (Fsp3) is 0.929. The number of nitrogens with one attached hydrogen (secondary N) is 1. The number of aliphatic imine (C=N–C) groups is 1. The van der Waals surface area contributed by atoms with Gasteiger partial charge in [-0.05, 0) is 31.6 Å². The van der Waals surface area contributed by atoms with E-state index in [2.05, 4.69) is 17.2 Å². The van der Waals surface area contributed by atoms with Crippen LogP contribution in [0, 0.1) is 5.92 Å². The molecule has 1 unspecified atom stereocenters. The van der Waals surface area contributed by atoms with Gasteiger partial charge in [0.05, 0.1) is 13.2 Å². The zero-order chi connectivity index (χ0) is 13.3. The van der Waals surface area contributed by atoms with Crippen LogP contribution in [-0.4, -0.2) is 37.0 Å². The lowest BCUT2D eigenvalue weighted by atomic mass is 9.86. The summed E-state index contributed by atoms with van der Waals surface area (Å²) in [6.07, 6.45) is 6.91. The molecule has 1 aliphatic heterocycles. The van der Waals surface area contributed by atoms with Crippen LogP contribution >= 0.6 is 0 Å². The summed E-state index contributed by atoms with van der Waals surface area (Å²) in [5.41, 5.74) is 5.82. The molecule has 0 radical (unpaired) electrons. The number of hydrogen-bond acceptors (Lipinski definition) is 3. The lowest BCUT2D eigenvalue weighted by Crippen LogP contribution is -2.36. The minimum Gasteiger partial charge on any atom is -0.370 e. The molecule has 0 aromatic rings. The van der Waals surface area contributed by atoms with E-state index in [1.54, 1.807) is 0 Å². The number of hydrogen-bond donors (Lipinski definition) is 2. The number of guanidine groups is 1. The Bertz CT molecular complexity index is 347. The van der Waals surface area contributed by atoms with E-state index in [-0.39, 0.29) is 11.9 Å². The van der Waals surface area contributed by atoms with Crippen LogP contribution in [0.4, 0.5) is 0 Å². The fourth-order valence-corrected chi connectivity index (χ4v) is 2.85.